The Balaban J connectivity index is 3.00. The Morgan fingerprint density at radius 3 is 2.35 bits per heavy atom. The normalized spacial score (nSPS) is 10.9. The molecule has 1 aromatic carbocycles. The number of carbonyl (C=O) groups excluding carboxylic acids is 1. The lowest BCUT2D eigenvalue weighted by Gasteiger charge is -2.19. The molecule has 1 rings (SSSR count). The van der Waals surface area contributed by atoms with Crippen molar-refractivity contribution in [2.45, 2.75) is 27.7 Å². The minimum atomic E-state index is 0.163. The summed E-state index contributed by atoms with van der Waals surface area (Å²) >= 11 is 0. The van der Waals surface area contributed by atoms with Gasteiger partial charge in [-0.1, -0.05) is 19.9 Å². The van der Waals surface area contributed by atoms with Crippen molar-refractivity contribution in [1.82, 2.24) is 4.90 Å². The maximum absolute atomic E-state index is 12.3. The number of carbonyl (C=O) groups is 1. The number of benzene rings is 1. The molecule has 0 atom stereocenters. The number of hydrogen-bond donors (Lipinski definition) is 1. The van der Waals surface area contributed by atoms with Crippen LogP contribution >= 0.6 is 0 Å². The largest absolute Gasteiger partial charge is 0.398 e. The van der Waals surface area contributed by atoms with E-state index in [0.29, 0.717) is 12.2 Å². The van der Waals surface area contributed by atoms with E-state index in [1.165, 1.54) is 0 Å². The zero-order valence-corrected chi connectivity index (χ0v) is 11.2. The summed E-state index contributed by atoms with van der Waals surface area (Å²) in [5.74, 6) is 0.163. The van der Waals surface area contributed by atoms with Crippen molar-refractivity contribution in [3.8, 4) is 0 Å². The molecule has 0 unspecified atom stereocenters. The predicted molar refractivity (Wildman–Crippen MR) is 72.4 cm³/mol. The molecule has 0 saturated carbocycles. The first-order valence-electron chi connectivity index (χ1n) is 6.12. The Morgan fingerprint density at radius 2 is 1.82 bits per heavy atom. The first-order chi connectivity index (χ1) is 8.01. The number of likely N-dealkylation sites (N-methyl/N-ethyl adjacent to an activating group) is 1. The minimum absolute atomic E-state index is 0.163. The van der Waals surface area contributed by atoms with Crippen LogP contribution in [0, 0.1) is 13.8 Å². The third kappa shape index (κ3) is 3.07. The summed E-state index contributed by atoms with van der Waals surface area (Å²) in [6, 6.07) is 3.77. The molecule has 0 aliphatic rings. The van der Waals surface area contributed by atoms with Crippen LogP contribution in [-0.2, 0) is 0 Å². The van der Waals surface area contributed by atoms with Gasteiger partial charge in [0.2, 0.25) is 0 Å². The highest BCUT2D eigenvalue weighted by Gasteiger charge is 2.15. The average molecular weight is 234 g/mol. The Kier molecular flexibility index (Phi) is 4.70. The lowest BCUT2D eigenvalue weighted by atomic mass is 9.97. The smallest absolute Gasteiger partial charge is 0.177 e. The number of nitrogen functional groups attached to an aromatic ring is 1. The van der Waals surface area contributed by atoms with E-state index in [1.807, 2.05) is 26.0 Å². The molecule has 1 aromatic rings. The van der Waals surface area contributed by atoms with E-state index in [1.54, 1.807) is 0 Å². The van der Waals surface area contributed by atoms with Gasteiger partial charge >= 0.3 is 0 Å². The van der Waals surface area contributed by atoms with Gasteiger partial charge in [-0.2, -0.15) is 0 Å². The van der Waals surface area contributed by atoms with Crippen LogP contribution in [0.15, 0.2) is 12.1 Å². The molecule has 3 heteroatoms. The lowest BCUT2D eigenvalue weighted by Crippen LogP contribution is -2.30. The molecule has 0 aliphatic heterocycles. The Hall–Kier alpha value is -1.35. The monoisotopic (exact) mass is 234 g/mol. The topological polar surface area (TPSA) is 46.3 Å². The number of anilines is 1. The lowest BCUT2D eigenvalue weighted by molar-refractivity contribution is 0.0936. The Morgan fingerprint density at radius 1 is 1.24 bits per heavy atom. The number of nitrogens with two attached hydrogens (primary N) is 1. The fourth-order valence-corrected chi connectivity index (χ4v) is 2.02. The average Bonchev–Trinajstić information content (AvgIpc) is 2.31. The van der Waals surface area contributed by atoms with Crippen LogP contribution in [0.4, 0.5) is 5.69 Å². The highest BCUT2D eigenvalue weighted by molar-refractivity contribution is 6.01. The SMILES string of the molecule is CCN(CC)CC(=O)c1c(C)ccc(N)c1C. The molecule has 0 fully saturated rings. The zero-order valence-electron chi connectivity index (χ0n) is 11.2. The fraction of sp³-hybridized carbons (Fsp3) is 0.500. The molecule has 0 saturated heterocycles. The second-order valence-electron chi connectivity index (χ2n) is 4.36. The molecule has 0 radical (unpaired) electrons. The molecule has 3 nitrogen and oxygen atoms in total. The Labute approximate surface area is 104 Å². The van der Waals surface area contributed by atoms with Crippen molar-refractivity contribution in [1.29, 1.82) is 0 Å². The van der Waals surface area contributed by atoms with E-state index in [-0.39, 0.29) is 5.78 Å². The van der Waals surface area contributed by atoms with Gasteiger partial charge in [0.1, 0.15) is 0 Å². The van der Waals surface area contributed by atoms with Crippen LogP contribution in [0.1, 0.15) is 35.3 Å². The molecule has 0 amide bonds. The van der Waals surface area contributed by atoms with Crippen LogP contribution in [0.5, 0.6) is 0 Å². The maximum Gasteiger partial charge on any atom is 0.177 e. The van der Waals surface area contributed by atoms with E-state index in [4.69, 9.17) is 5.73 Å². The van der Waals surface area contributed by atoms with Crippen LogP contribution in [-0.4, -0.2) is 30.3 Å². The van der Waals surface area contributed by atoms with Crippen molar-refractivity contribution in [2.24, 2.45) is 0 Å². The molecule has 94 valence electrons. The minimum Gasteiger partial charge on any atom is -0.398 e. The van der Waals surface area contributed by atoms with Gasteiger partial charge in [-0.05, 0) is 44.1 Å². The highest BCUT2D eigenvalue weighted by atomic mass is 16.1. The van der Waals surface area contributed by atoms with E-state index in [9.17, 15) is 4.79 Å². The van der Waals surface area contributed by atoms with Crippen molar-refractivity contribution in [2.75, 3.05) is 25.4 Å². The van der Waals surface area contributed by atoms with Gasteiger partial charge in [-0.3, -0.25) is 9.69 Å². The first-order valence-corrected chi connectivity index (χ1v) is 6.12. The molecule has 0 heterocycles. The second kappa shape index (κ2) is 5.82. The van der Waals surface area contributed by atoms with Crippen molar-refractivity contribution < 1.29 is 4.79 Å². The summed E-state index contributed by atoms with van der Waals surface area (Å²) in [7, 11) is 0. The van der Waals surface area contributed by atoms with Crippen molar-refractivity contribution in [3.63, 3.8) is 0 Å². The van der Waals surface area contributed by atoms with Gasteiger partial charge in [0.25, 0.3) is 0 Å². The highest BCUT2D eigenvalue weighted by Crippen LogP contribution is 2.20. The summed E-state index contributed by atoms with van der Waals surface area (Å²) < 4.78 is 0. The van der Waals surface area contributed by atoms with Gasteiger partial charge in [0.05, 0.1) is 6.54 Å². The van der Waals surface area contributed by atoms with E-state index >= 15 is 0 Å². The standard InChI is InChI=1S/C14H22N2O/c1-5-16(6-2)9-13(17)14-10(3)7-8-12(15)11(14)4/h7-8H,5-6,9,15H2,1-4H3. The summed E-state index contributed by atoms with van der Waals surface area (Å²) in [5, 5.41) is 0. The van der Waals surface area contributed by atoms with Crippen LogP contribution in [0.3, 0.4) is 0 Å². The third-order valence-electron chi connectivity index (χ3n) is 3.26. The van der Waals surface area contributed by atoms with Crippen LogP contribution in [0.25, 0.3) is 0 Å². The number of aryl methyl sites for hydroxylation is 1. The quantitative estimate of drug-likeness (QED) is 0.628. The summed E-state index contributed by atoms with van der Waals surface area (Å²) in [4.78, 5) is 14.4. The van der Waals surface area contributed by atoms with Crippen molar-refractivity contribution >= 4 is 11.5 Å². The maximum atomic E-state index is 12.3. The fourth-order valence-electron chi connectivity index (χ4n) is 2.02. The van der Waals surface area contributed by atoms with Crippen LogP contribution in [0.2, 0.25) is 0 Å². The number of nitrogens with zero attached hydrogens (tertiary/aromatic N) is 1. The summed E-state index contributed by atoms with van der Waals surface area (Å²) in [6.07, 6.45) is 0. The van der Waals surface area contributed by atoms with E-state index in [2.05, 4.69) is 18.7 Å². The zero-order chi connectivity index (χ0) is 13.0. The Bertz CT molecular complexity index is 409. The first kappa shape index (κ1) is 13.7. The molecular weight excluding hydrogens is 212 g/mol. The predicted octanol–water partition coefficient (Wildman–Crippen LogP) is 2.41. The van der Waals surface area contributed by atoms with Gasteiger partial charge in [-0.25, -0.2) is 0 Å². The second-order valence-corrected chi connectivity index (χ2v) is 4.36. The number of hydrogen-bond acceptors (Lipinski definition) is 3. The molecule has 0 aromatic heterocycles. The molecule has 0 aliphatic carbocycles. The van der Waals surface area contributed by atoms with Crippen LogP contribution < -0.4 is 5.73 Å². The van der Waals surface area contributed by atoms with Gasteiger partial charge in [-0.15, -0.1) is 0 Å². The van der Waals surface area contributed by atoms with E-state index in [0.717, 1.165) is 29.8 Å². The summed E-state index contributed by atoms with van der Waals surface area (Å²) in [6.45, 7) is 10.3. The molecular formula is C14H22N2O. The third-order valence-corrected chi connectivity index (χ3v) is 3.26. The summed E-state index contributed by atoms with van der Waals surface area (Å²) in [5.41, 5.74) is 9.25. The van der Waals surface area contributed by atoms with E-state index < -0.39 is 0 Å². The van der Waals surface area contributed by atoms with Gasteiger partial charge in [0, 0.05) is 11.3 Å². The van der Waals surface area contributed by atoms with Gasteiger partial charge < -0.3 is 5.73 Å². The van der Waals surface area contributed by atoms with Gasteiger partial charge in [0.15, 0.2) is 5.78 Å². The molecule has 17 heavy (non-hydrogen) atoms. The molecule has 0 bridgehead atoms. The molecule has 0 spiro atoms. The number of rotatable bonds is 5. The molecule has 2 N–H and O–H groups in total. The number of ketones is 1. The van der Waals surface area contributed by atoms with Crippen molar-refractivity contribution in [3.05, 3.63) is 28.8 Å². The number of Topliss-reactive ketones (excluding diaryl/α,β-unsaturated/α-hetero) is 1.